The third kappa shape index (κ3) is 5.61. The smallest absolute Gasteiger partial charge is 0.225 e. The van der Waals surface area contributed by atoms with Gasteiger partial charge in [0.15, 0.2) is 5.96 Å². The Morgan fingerprint density at radius 2 is 1.92 bits per heavy atom. The van der Waals surface area contributed by atoms with Gasteiger partial charge in [-0.15, -0.1) is 0 Å². The van der Waals surface area contributed by atoms with Crippen LogP contribution in [0.25, 0.3) is 0 Å². The van der Waals surface area contributed by atoms with Crippen molar-refractivity contribution in [3.63, 3.8) is 0 Å². The van der Waals surface area contributed by atoms with E-state index in [2.05, 4.69) is 31.4 Å². The Balaban J connectivity index is 1.90. The summed E-state index contributed by atoms with van der Waals surface area (Å²) in [5.74, 6) is 2.03. The van der Waals surface area contributed by atoms with Crippen molar-refractivity contribution in [2.24, 2.45) is 22.2 Å². The number of amides is 1. The molecule has 1 amide bonds. The van der Waals surface area contributed by atoms with Crippen LogP contribution in [0.4, 0.5) is 0 Å². The van der Waals surface area contributed by atoms with Gasteiger partial charge in [0, 0.05) is 38.1 Å². The molecule has 1 atom stereocenters. The van der Waals surface area contributed by atoms with Crippen LogP contribution in [0.2, 0.25) is 0 Å². The number of hydrogen-bond acceptors (Lipinski definition) is 2. The summed E-state index contributed by atoms with van der Waals surface area (Å²) < 4.78 is 0. The average molecular weight is 351 g/mol. The Labute approximate surface area is 154 Å². The van der Waals surface area contributed by atoms with Crippen molar-refractivity contribution in [2.75, 3.05) is 26.2 Å². The number of guanidine groups is 1. The van der Waals surface area contributed by atoms with E-state index in [1.807, 2.05) is 18.7 Å². The summed E-state index contributed by atoms with van der Waals surface area (Å²) in [6.45, 7) is 14.1. The maximum Gasteiger partial charge on any atom is 0.225 e. The summed E-state index contributed by atoms with van der Waals surface area (Å²) in [5.41, 5.74) is 0.258. The zero-order valence-corrected chi connectivity index (χ0v) is 16.9. The van der Waals surface area contributed by atoms with Crippen molar-refractivity contribution in [3.8, 4) is 0 Å². The third-order valence-electron chi connectivity index (χ3n) is 5.78. The van der Waals surface area contributed by atoms with Crippen LogP contribution in [-0.4, -0.2) is 49.0 Å². The minimum atomic E-state index is 0.0767. The summed E-state index contributed by atoms with van der Waals surface area (Å²) >= 11 is 0. The molecule has 144 valence electrons. The summed E-state index contributed by atoms with van der Waals surface area (Å²) in [6, 6.07) is 0.301. The lowest BCUT2D eigenvalue weighted by Crippen LogP contribution is -2.46. The van der Waals surface area contributed by atoms with Crippen molar-refractivity contribution in [1.82, 2.24) is 15.5 Å². The Kier molecular flexibility index (Phi) is 7.14. The molecule has 0 radical (unpaired) electrons. The van der Waals surface area contributed by atoms with Crippen LogP contribution in [0, 0.1) is 17.3 Å². The van der Waals surface area contributed by atoms with Gasteiger partial charge in [0.2, 0.25) is 5.91 Å². The molecule has 2 aliphatic rings. The molecule has 2 rings (SSSR count). The highest BCUT2D eigenvalue weighted by atomic mass is 16.2. The number of aliphatic imine (C=N–C) groups is 1. The molecule has 1 aliphatic carbocycles. The van der Waals surface area contributed by atoms with Gasteiger partial charge in [-0.3, -0.25) is 9.79 Å². The maximum absolute atomic E-state index is 12.2. The van der Waals surface area contributed by atoms with Gasteiger partial charge in [-0.2, -0.15) is 0 Å². The lowest BCUT2D eigenvalue weighted by Gasteiger charge is -2.30. The fraction of sp³-hybridized carbons (Fsp3) is 0.900. The van der Waals surface area contributed by atoms with Crippen LogP contribution in [0.1, 0.15) is 66.7 Å². The van der Waals surface area contributed by atoms with Crippen LogP contribution in [0.5, 0.6) is 0 Å². The standard InChI is InChI=1S/C20H38N4O/c1-6-21-19(22-14-20(4,5)16-9-7-8-10-16)23-17-11-12-24(13-17)18(25)15(2)3/h15-17H,6-14H2,1-5H3,(H2,21,22,23). The van der Waals surface area contributed by atoms with E-state index < -0.39 is 0 Å². The lowest BCUT2D eigenvalue weighted by atomic mass is 9.78. The van der Waals surface area contributed by atoms with E-state index in [1.54, 1.807) is 0 Å². The van der Waals surface area contributed by atoms with Crippen LogP contribution >= 0.6 is 0 Å². The van der Waals surface area contributed by atoms with E-state index in [0.717, 1.165) is 44.5 Å². The first kappa shape index (κ1) is 20.1. The molecule has 2 N–H and O–H groups in total. The number of likely N-dealkylation sites (tertiary alicyclic amines) is 1. The molecule has 0 aromatic rings. The quantitative estimate of drug-likeness (QED) is 0.572. The highest BCUT2D eigenvalue weighted by Gasteiger charge is 2.32. The molecule has 5 nitrogen and oxygen atoms in total. The number of carbonyl (C=O) groups excluding carboxylic acids is 1. The zero-order chi connectivity index (χ0) is 18.4. The molecule has 0 aromatic carbocycles. The van der Waals surface area contributed by atoms with Crippen molar-refractivity contribution in [3.05, 3.63) is 0 Å². The largest absolute Gasteiger partial charge is 0.357 e. The van der Waals surface area contributed by atoms with Crippen molar-refractivity contribution in [2.45, 2.75) is 72.8 Å². The topological polar surface area (TPSA) is 56.7 Å². The van der Waals surface area contributed by atoms with E-state index in [1.165, 1.54) is 25.7 Å². The van der Waals surface area contributed by atoms with Crippen LogP contribution in [0.15, 0.2) is 4.99 Å². The molecule has 25 heavy (non-hydrogen) atoms. The first-order valence-corrected chi connectivity index (χ1v) is 10.2. The summed E-state index contributed by atoms with van der Waals surface area (Å²) in [6.07, 6.45) is 6.44. The Morgan fingerprint density at radius 3 is 2.52 bits per heavy atom. The van der Waals surface area contributed by atoms with Gasteiger partial charge in [-0.1, -0.05) is 40.5 Å². The van der Waals surface area contributed by atoms with Crippen molar-refractivity contribution >= 4 is 11.9 Å². The molecule has 1 unspecified atom stereocenters. The van der Waals surface area contributed by atoms with E-state index in [-0.39, 0.29) is 17.2 Å². The predicted octanol–water partition coefficient (Wildman–Crippen LogP) is 3.01. The molecule has 0 bridgehead atoms. The summed E-state index contributed by atoms with van der Waals surface area (Å²) in [7, 11) is 0. The number of carbonyl (C=O) groups is 1. The fourth-order valence-electron chi connectivity index (χ4n) is 4.08. The van der Waals surface area contributed by atoms with E-state index in [9.17, 15) is 4.79 Å². The highest BCUT2D eigenvalue weighted by Crippen LogP contribution is 2.39. The molecule has 0 spiro atoms. The van der Waals surface area contributed by atoms with Gasteiger partial charge in [0.05, 0.1) is 0 Å². The van der Waals surface area contributed by atoms with Gasteiger partial charge in [0.25, 0.3) is 0 Å². The predicted molar refractivity (Wildman–Crippen MR) is 105 cm³/mol. The second-order valence-electron chi connectivity index (χ2n) is 8.73. The van der Waals surface area contributed by atoms with Crippen molar-refractivity contribution in [1.29, 1.82) is 0 Å². The third-order valence-corrected chi connectivity index (χ3v) is 5.78. The lowest BCUT2D eigenvalue weighted by molar-refractivity contribution is -0.133. The number of nitrogens with one attached hydrogen (secondary N) is 2. The molecule has 5 heteroatoms. The molecule has 1 saturated heterocycles. The van der Waals surface area contributed by atoms with Gasteiger partial charge >= 0.3 is 0 Å². The molecule has 2 fully saturated rings. The monoisotopic (exact) mass is 350 g/mol. The van der Waals surface area contributed by atoms with Crippen LogP contribution < -0.4 is 10.6 Å². The maximum atomic E-state index is 12.2. The van der Waals surface area contributed by atoms with E-state index in [4.69, 9.17) is 4.99 Å². The summed E-state index contributed by atoms with van der Waals surface area (Å²) in [4.78, 5) is 19.0. The molecular weight excluding hydrogens is 312 g/mol. The zero-order valence-electron chi connectivity index (χ0n) is 16.9. The average Bonchev–Trinajstić information content (AvgIpc) is 3.24. The first-order valence-electron chi connectivity index (χ1n) is 10.2. The number of nitrogens with zero attached hydrogens (tertiary/aromatic N) is 2. The molecule has 1 aliphatic heterocycles. The van der Waals surface area contributed by atoms with Gasteiger partial charge in [-0.05, 0) is 37.5 Å². The van der Waals surface area contributed by atoms with Crippen molar-refractivity contribution < 1.29 is 4.79 Å². The Hall–Kier alpha value is -1.26. The van der Waals surface area contributed by atoms with Gasteiger partial charge in [0.1, 0.15) is 0 Å². The van der Waals surface area contributed by atoms with Gasteiger partial charge in [-0.25, -0.2) is 0 Å². The molecule has 1 heterocycles. The van der Waals surface area contributed by atoms with E-state index in [0.29, 0.717) is 6.04 Å². The second-order valence-corrected chi connectivity index (χ2v) is 8.73. The Bertz CT molecular complexity index is 466. The first-order chi connectivity index (χ1) is 11.8. The van der Waals surface area contributed by atoms with Gasteiger partial charge < -0.3 is 15.5 Å². The highest BCUT2D eigenvalue weighted by molar-refractivity contribution is 5.81. The fourth-order valence-corrected chi connectivity index (χ4v) is 4.08. The second kappa shape index (κ2) is 8.91. The summed E-state index contributed by atoms with van der Waals surface area (Å²) in [5, 5.41) is 6.92. The minimum Gasteiger partial charge on any atom is -0.357 e. The molecule has 1 saturated carbocycles. The molecule has 0 aromatic heterocycles. The number of hydrogen-bond donors (Lipinski definition) is 2. The minimum absolute atomic E-state index is 0.0767. The van der Waals surface area contributed by atoms with Crippen LogP contribution in [-0.2, 0) is 4.79 Å². The number of rotatable bonds is 6. The van der Waals surface area contributed by atoms with Crippen LogP contribution in [0.3, 0.4) is 0 Å². The SMILES string of the molecule is CCNC(=NCC(C)(C)C1CCCC1)NC1CCN(C(=O)C(C)C)C1. The normalized spacial score (nSPS) is 22.7. The molecular formula is C20H38N4O. The Morgan fingerprint density at radius 1 is 1.24 bits per heavy atom. The van der Waals surface area contributed by atoms with E-state index >= 15 is 0 Å².